The van der Waals surface area contributed by atoms with Crippen LogP contribution in [0.15, 0.2) is 66.2 Å². The van der Waals surface area contributed by atoms with Gasteiger partial charge in [0.2, 0.25) is 0 Å². The molecule has 0 saturated carbocycles. The number of aromatic nitrogens is 1. The second kappa shape index (κ2) is 8.67. The molecule has 1 aromatic heterocycles. The van der Waals surface area contributed by atoms with Crippen molar-refractivity contribution >= 4 is 44.1 Å². The zero-order valence-corrected chi connectivity index (χ0v) is 20.6. The third kappa shape index (κ3) is 3.88. The van der Waals surface area contributed by atoms with Crippen LogP contribution in [-0.4, -0.2) is 28.9 Å². The molecule has 0 unspecified atom stereocenters. The van der Waals surface area contributed by atoms with E-state index < -0.39 is 17.7 Å². The number of thiazole rings is 1. The van der Waals surface area contributed by atoms with Gasteiger partial charge >= 0.3 is 5.91 Å². The first-order chi connectivity index (χ1) is 16.8. The number of carbonyl (C=O) groups is 2. The molecule has 5 rings (SSSR count). The molecule has 1 fully saturated rings. The van der Waals surface area contributed by atoms with Gasteiger partial charge < -0.3 is 9.84 Å². The molecule has 0 spiro atoms. The fourth-order valence-corrected chi connectivity index (χ4v) is 5.63. The fraction of sp³-hybridized carbons (Fsp3) is 0.179. The van der Waals surface area contributed by atoms with Crippen LogP contribution in [0, 0.1) is 20.8 Å². The first-order valence-corrected chi connectivity index (χ1v) is 12.0. The lowest BCUT2D eigenvalue weighted by molar-refractivity contribution is -0.132. The van der Waals surface area contributed by atoms with Gasteiger partial charge in [-0.2, -0.15) is 0 Å². The highest BCUT2D eigenvalue weighted by atomic mass is 32.1. The molecule has 1 atom stereocenters. The van der Waals surface area contributed by atoms with Gasteiger partial charge in [-0.15, -0.1) is 0 Å². The molecule has 4 aromatic rings. The molecule has 0 bridgehead atoms. The van der Waals surface area contributed by atoms with Gasteiger partial charge in [-0.1, -0.05) is 47.2 Å². The van der Waals surface area contributed by atoms with Crippen molar-refractivity contribution in [1.29, 1.82) is 0 Å². The predicted octanol–water partition coefficient (Wildman–Crippen LogP) is 5.86. The van der Waals surface area contributed by atoms with E-state index >= 15 is 0 Å². The third-order valence-electron chi connectivity index (χ3n) is 6.23. The van der Waals surface area contributed by atoms with E-state index in [9.17, 15) is 14.7 Å². The number of anilines is 1. The molecule has 2 heterocycles. The Hall–Kier alpha value is -3.97. The van der Waals surface area contributed by atoms with Crippen LogP contribution < -0.4 is 9.64 Å². The molecular weight excluding hydrogens is 460 g/mol. The molecule has 0 radical (unpaired) electrons. The van der Waals surface area contributed by atoms with Gasteiger partial charge in [0.05, 0.1) is 28.9 Å². The predicted molar refractivity (Wildman–Crippen MR) is 138 cm³/mol. The summed E-state index contributed by atoms with van der Waals surface area (Å²) in [6, 6.07) is 17.6. The summed E-state index contributed by atoms with van der Waals surface area (Å²) >= 11 is 1.37. The highest BCUT2D eigenvalue weighted by Gasteiger charge is 2.48. The van der Waals surface area contributed by atoms with Crippen molar-refractivity contribution in [2.24, 2.45) is 0 Å². The Morgan fingerprint density at radius 1 is 0.971 bits per heavy atom. The van der Waals surface area contributed by atoms with E-state index in [0.717, 1.165) is 32.5 Å². The van der Waals surface area contributed by atoms with Crippen LogP contribution in [0.2, 0.25) is 0 Å². The lowest BCUT2D eigenvalue weighted by Gasteiger charge is -2.23. The Balaban J connectivity index is 1.72. The van der Waals surface area contributed by atoms with Crippen LogP contribution in [0.25, 0.3) is 16.0 Å². The van der Waals surface area contributed by atoms with Crippen molar-refractivity contribution in [1.82, 2.24) is 4.98 Å². The summed E-state index contributed by atoms with van der Waals surface area (Å²) in [6.45, 7) is 5.96. The molecule has 6 nitrogen and oxygen atoms in total. The number of ether oxygens (including phenoxy) is 1. The molecule has 176 valence electrons. The molecule has 1 aliphatic heterocycles. The van der Waals surface area contributed by atoms with E-state index in [1.54, 1.807) is 31.4 Å². The summed E-state index contributed by atoms with van der Waals surface area (Å²) < 4.78 is 6.14. The standard InChI is InChI=1S/C28H24N2O4S/c1-15-5-7-18(8-6-15)24-22(25(31)19-9-11-20(34-4)12-10-19)26(32)27(33)30(24)28-29-23-17(3)13-16(2)14-21(23)35-28/h5-14,24,31H,1-4H3/b25-22+/t24-/m1/s1. The normalized spacial score (nSPS) is 17.4. The van der Waals surface area contributed by atoms with E-state index in [2.05, 4.69) is 0 Å². The number of hydrogen-bond acceptors (Lipinski definition) is 6. The van der Waals surface area contributed by atoms with Crippen LogP contribution in [0.3, 0.4) is 0 Å². The van der Waals surface area contributed by atoms with Crippen molar-refractivity contribution < 1.29 is 19.4 Å². The van der Waals surface area contributed by atoms with Crippen molar-refractivity contribution in [2.45, 2.75) is 26.8 Å². The van der Waals surface area contributed by atoms with Crippen molar-refractivity contribution in [3.8, 4) is 5.75 Å². The van der Waals surface area contributed by atoms with Crippen molar-refractivity contribution in [3.63, 3.8) is 0 Å². The lowest BCUT2D eigenvalue weighted by atomic mass is 9.95. The van der Waals surface area contributed by atoms with E-state index in [0.29, 0.717) is 16.4 Å². The number of hydrogen-bond donors (Lipinski definition) is 1. The number of amides is 1. The van der Waals surface area contributed by atoms with Crippen molar-refractivity contribution in [3.05, 3.63) is 94.1 Å². The number of methoxy groups -OCH3 is 1. The largest absolute Gasteiger partial charge is 0.507 e. The number of rotatable bonds is 4. The number of aryl methyl sites for hydroxylation is 3. The number of carbonyl (C=O) groups excluding carboxylic acids is 2. The maximum Gasteiger partial charge on any atom is 0.301 e. The highest BCUT2D eigenvalue weighted by Crippen LogP contribution is 2.44. The number of fused-ring (bicyclic) bond motifs is 1. The summed E-state index contributed by atoms with van der Waals surface area (Å²) in [6.07, 6.45) is 0. The minimum absolute atomic E-state index is 0.0381. The molecule has 1 N–H and O–H groups in total. The molecule has 0 aliphatic carbocycles. The van der Waals surface area contributed by atoms with Crippen LogP contribution >= 0.6 is 11.3 Å². The smallest absolute Gasteiger partial charge is 0.301 e. The van der Waals surface area contributed by atoms with Crippen LogP contribution in [-0.2, 0) is 9.59 Å². The van der Waals surface area contributed by atoms with Crippen LogP contribution in [0.1, 0.15) is 33.9 Å². The molecule has 3 aromatic carbocycles. The Labute approximate surface area is 207 Å². The third-order valence-corrected chi connectivity index (χ3v) is 7.23. The van der Waals surface area contributed by atoms with Gasteiger partial charge in [0.1, 0.15) is 11.5 Å². The molecule has 35 heavy (non-hydrogen) atoms. The summed E-state index contributed by atoms with van der Waals surface area (Å²) in [5.74, 6) is -1.06. The van der Waals surface area contributed by atoms with Gasteiger partial charge in [-0.3, -0.25) is 14.5 Å². The average molecular weight is 485 g/mol. The summed E-state index contributed by atoms with van der Waals surface area (Å²) in [5, 5.41) is 11.7. The van der Waals surface area contributed by atoms with Gasteiger partial charge in [0.25, 0.3) is 5.78 Å². The number of nitrogens with zero attached hydrogens (tertiary/aromatic N) is 2. The minimum Gasteiger partial charge on any atom is -0.507 e. The van der Waals surface area contributed by atoms with Gasteiger partial charge in [0.15, 0.2) is 5.13 Å². The van der Waals surface area contributed by atoms with Gasteiger partial charge in [-0.05, 0) is 67.8 Å². The molecule has 7 heteroatoms. The highest BCUT2D eigenvalue weighted by molar-refractivity contribution is 7.22. The summed E-state index contributed by atoms with van der Waals surface area (Å²) in [4.78, 5) is 32.9. The number of aliphatic hydroxyl groups is 1. The van der Waals surface area contributed by atoms with E-state index in [1.165, 1.54) is 16.2 Å². The first-order valence-electron chi connectivity index (χ1n) is 11.2. The number of aliphatic hydroxyl groups excluding tert-OH is 1. The van der Waals surface area contributed by atoms with Crippen molar-refractivity contribution in [2.75, 3.05) is 12.0 Å². The Morgan fingerprint density at radius 2 is 1.66 bits per heavy atom. The molecular formula is C28H24N2O4S. The van der Waals surface area contributed by atoms with Crippen LogP contribution in [0.5, 0.6) is 5.75 Å². The first kappa shape index (κ1) is 22.8. The Kier molecular flexibility index (Phi) is 5.65. The van der Waals surface area contributed by atoms with E-state index in [4.69, 9.17) is 9.72 Å². The quantitative estimate of drug-likeness (QED) is 0.223. The molecule has 1 saturated heterocycles. The zero-order chi connectivity index (χ0) is 24.9. The number of ketones is 1. The maximum atomic E-state index is 13.4. The van der Waals surface area contributed by atoms with Crippen LogP contribution in [0.4, 0.5) is 5.13 Å². The number of Topliss-reactive ketones (excluding diaryl/α,β-unsaturated/α-hetero) is 1. The molecule has 1 amide bonds. The fourth-order valence-electron chi connectivity index (χ4n) is 4.46. The van der Waals surface area contributed by atoms with Gasteiger partial charge in [0, 0.05) is 5.56 Å². The van der Waals surface area contributed by atoms with Gasteiger partial charge in [-0.25, -0.2) is 4.98 Å². The van der Waals surface area contributed by atoms with E-state index in [-0.39, 0.29) is 11.3 Å². The lowest BCUT2D eigenvalue weighted by Crippen LogP contribution is -2.29. The minimum atomic E-state index is -0.806. The summed E-state index contributed by atoms with van der Waals surface area (Å²) in [5.41, 5.74) is 5.14. The maximum absolute atomic E-state index is 13.4. The van der Waals surface area contributed by atoms with E-state index in [1.807, 2.05) is 57.2 Å². The monoisotopic (exact) mass is 484 g/mol. The summed E-state index contributed by atoms with van der Waals surface area (Å²) in [7, 11) is 1.55. The molecule has 1 aliphatic rings. The Bertz CT molecular complexity index is 1500. The topological polar surface area (TPSA) is 79.7 Å². The zero-order valence-electron chi connectivity index (χ0n) is 19.8. The Morgan fingerprint density at radius 3 is 2.31 bits per heavy atom. The second-order valence-electron chi connectivity index (χ2n) is 8.73. The SMILES string of the molecule is COc1ccc(/C(O)=C2\C(=O)C(=O)N(c3nc4c(C)cc(C)cc4s3)[C@@H]2c2ccc(C)cc2)cc1. The second-order valence-corrected chi connectivity index (χ2v) is 9.74. The average Bonchev–Trinajstić information content (AvgIpc) is 3.38. The number of benzene rings is 3.